The van der Waals surface area contributed by atoms with Gasteiger partial charge >= 0.3 is 0 Å². The summed E-state index contributed by atoms with van der Waals surface area (Å²) >= 11 is 1.55. The van der Waals surface area contributed by atoms with Gasteiger partial charge in [0.25, 0.3) is 0 Å². The van der Waals surface area contributed by atoms with Crippen molar-refractivity contribution in [1.82, 2.24) is 9.62 Å². The van der Waals surface area contributed by atoms with E-state index in [-0.39, 0.29) is 25.0 Å². The number of carbonyl (C=O) groups is 2. The van der Waals surface area contributed by atoms with Crippen molar-refractivity contribution in [2.75, 3.05) is 30.5 Å². The SMILES string of the molecule is CSc1cccc(N2C(=O)CN(S(C)(=O)=O)C[C@]2(C)C(=O)NC2CCCCCC2)c1. The number of piperazine rings is 1. The second kappa shape index (κ2) is 9.28. The van der Waals surface area contributed by atoms with Gasteiger partial charge in [0.15, 0.2) is 0 Å². The van der Waals surface area contributed by atoms with Crippen LogP contribution in [0.25, 0.3) is 0 Å². The summed E-state index contributed by atoms with van der Waals surface area (Å²) in [5.41, 5.74) is -0.722. The largest absolute Gasteiger partial charge is 0.351 e. The standard InChI is InChI=1S/C21H31N3O4S2/c1-21(20(26)22-16-9-6-4-5-7-10-16)15-23(30(3,27)28)14-19(25)24(21)17-11-8-12-18(13-17)29-2/h8,11-13,16H,4-7,9-10,14-15H2,1-3H3,(H,22,26)/t21-/m1/s1. The first-order valence-electron chi connectivity index (χ1n) is 10.4. The van der Waals surface area contributed by atoms with Gasteiger partial charge < -0.3 is 5.32 Å². The molecule has 1 atom stereocenters. The zero-order chi connectivity index (χ0) is 21.9. The molecule has 166 valence electrons. The van der Waals surface area contributed by atoms with Crippen molar-refractivity contribution < 1.29 is 18.0 Å². The minimum Gasteiger partial charge on any atom is -0.351 e. The highest BCUT2D eigenvalue weighted by atomic mass is 32.2. The number of anilines is 1. The van der Waals surface area contributed by atoms with Crippen LogP contribution in [0, 0.1) is 0 Å². The number of nitrogens with one attached hydrogen (secondary N) is 1. The molecule has 3 rings (SSSR count). The van der Waals surface area contributed by atoms with Gasteiger partial charge in [-0.25, -0.2) is 8.42 Å². The second-order valence-corrected chi connectivity index (χ2v) is 11.3. The van der Waals surface area contributed by atoms with Crippen LogP contribution < -0.4 is 10.2 Å². The van der Waals surface area contributed by atoms with E-state index in [4.69, 9.17) is 0 Å². The van der Waals surface area contributed by atoms with Crippen LogP contribution in [0.3, 0.4) is 0 Å². The molecule has 0 aromatic heterocycles. The Morgan fingerprint density at radius 3 is 2.47 bits per heavy atom. The van der Waals surface area contributed by atoms with Crippen LogP contribution in [-0.2, 0) is 19.6 Å². The second-order valence-electron chi connectivity index (χ2n) is 8.40. The molecule has 30 heavy (non-hydrogen) atoms. The lowest BCUT2D eigenvalue weighted by Gasteiger charge is -2.47. The molecule has 1 saturated carbocycles. The minimum atomic E-state index is -3.62. The first-order valence-corrected chi connectivity index (χ1v) is 13.5. The summed E-state index contributed by atoms with van der Waals surface area (Å²) < 4.78 is 25.6. The van der Waals surface area contributed by atoms with Crippen molar-refractivity contribution in [3.05, 3.63) is 24.3 Å². The van der Waals surface area contributed by atoms with E-state index in [0.717, 1.165) is 54.0 Å². The Kier molecular flexibility index (Phi) is 7.14. The maximum Gasteiger partial charge on any atom is 0.247 e. The summed E-state index contributed by atoms with van der Waals surface area (Å²) in [4.78, 5) is 29.1. The summed E-state index contributed by atoms with van der Waals surface area (Å²) in [5.74, 6) is -0.700. The molecule has 0 radical (unpaired) electrons. The zero-order valence-electron chi connectivity index (χ0n) is 17.9. The monoisotopic (exact) mass is 453 g/mol. The molecular formula is C21H31N3O4S2. The van der Waals surface area contributed by atoms with E-state index >= 15 is 0 Å². The van der Waals surface area contributed by atoms with Gasteiger partial charge in [0.1, 0.15) is 5.54 Å². The van der Waals surface area contributed by atoms with Crippen molar-refractivity contribution in [1.29, 1.82) is 0 Å². The number of benzene rings is 1. The highest BCUT2D eigenvalue weighted by Crippen LogP contribution is 2.33. The van der Waals surface area contributed by atoms with Crippen LogP contribution in [0.2, 0.25) is 0 Å². The van der Waals surface area contributed by atoms with Crippen molar-refractivity contribution >= 4 is 39.3 Å². The third-order valence-electron chi connectivity index (χ3n) is 6.00. The predicted octanol–water partition coefficient (Wildman–Crippen LogP) is 2.61. The fraction of sp³-hybridized carbons (Fsp3) is 0.619. The highest BCUT2D eigenvalue weighted by molar-refractivity contribution is 7.98. The van der Waals surface area contributed by atoms with Crippen LogP contribution in [0.4, 0.5) is 5.69 Å². The van der Waals surface area contributed by atoms with E-state index in [1.165, 1.54) is 4.90 Å². The molecular weight excluding hydrogens is 422 g/mol. The van der Waals surface area contributed by atoms with E-state index in [1.807, 2.05) is 24.5 Å². The third kappa shape index (κ3) is 5.00. The topological polar surface area (TPSA) is 86.8 Å². The predicted molar refractivity (Wildman–Crippen MR) is 120 cm³/mol. The molecule has 1 saturated heterocycles. The lowest BCUT2D eigenvalue weighted by atomic mass is 9.93. The Morgan fingerprint density at radius 2 is 1.87 bits per heavy atom. The molecule has 2 amide bonds. The molecule has 1 aromatic carbocycles. The molecule has 7 nitrogen and oxygen atoms in total. The number of thioether (sulfide) groups is 1. The normalized spacial score (nSPS) is 24.5. The first-order chi connectivity index (χ1) is 14.1. The van der Waals surface area contributed by atoms with Gasteiger partial charge in [-0.2, -0.15) is 4.31 Å². The fourth-order valence-electron chi connectivity index (χ4n) is 4.32. The Morgan fingerprint density at radius 1 is 1.20 bits per heavy atom. The fourth-order valence-corrected chi connectivity index (χ4v) is 5.60. The van der Waals surface area contributed by atoms with E-state index in [2.05, 4.69) is 5.32 Å². The Balaban J connectivity index is 1.97. The number of nitrogens with zero attached hydrogens (tertiary/aromatic N) is 2. The number of rotatable bonds is 5. The van der Waals surface area contributed by atoms with Gasteiger partial charge in [0, 0.05) is 23.2 Å². The van der Waals surface area contributed by atoms with Gasteiger partial charge in [-0.1, -0.05) is 31.7 Å². The maximum atomic E-state index is 13.5. The van der Waals surface area contributed by atoms with Gasteiger partial charge in [-0.15, -0.1) is 11.8 Å². The number of hydrogen-bond acceptors (Lipinski definition) is 5. The van der Waals surface area contributed by atoms with E-state index in [9.17, 15) is 18.0 Å². The van der Waals surface area contributed by atoms with Crippen LogP contribution in [0.5, 0.6) is 0 Å². The van der Waals surface area contributed by atoms with E-state index in [0.29, 0.717) is 5.69 Å². The summed E-state index contributed by atoms with van der Waals surface area (Å²) in [5, 5.41) is 3.13. The molecule has 9 heteroatoms. The van der Waals surface area contributed by atoms with Crippen LogP contribution in [0.15, 0.2) is 29.2 Å². The average Bonchev–Trinajstić information content (AvgIpc) is 2.95. The van der Waals surface area contributed by atoms with Crippen molar-refractivity contribution in [3.63, 3.8) is 0 Å². The highest BCUT2D eigenvalue weighted by Gasteiger charge is 2.50. The molecule has 1 aliphatic heterocycles. The number of carbonyl (C=O) groups excluding carboxylic acids is 2. The number of sulfonamides is 1. The smallest absolute Gasteiger partial charge is 0.247 e. The lowest BCUT2D eigenvalue weighted by Crippen LogP contribution is -2.70. The quantitative estimate of drug-likeness (QED) is 0.547. The number of hydrogen-bond donors (Lipinski definition) is 1. The molecule has 1 N–H and O–H groups in total. The minimum absolute atomic E-state index is 0.0555. The van der Waals surface area contributed by atoms with Crippen LogP contribution >= 0.6 is 11.8 Å². The lowest BCUT2D eigenvalue weighted by molar-refractivity contribution is -0.133. The maximum absolute atomic E-state index is 13.5. The van der Waals surface area contributed by atoms with Crippen LogP contribution in [0.1, 0.15) is 45.4 Å². The van der Waals surface area contributed by atoms with Crippen molar-refractivity contribution in [2.45, 2.75) is 61.9 Å². The molecule has 1 aromatic rings. The molecule has 1 aliphatic carbocycles. The van der Waals surface area contributed by atoms with Gasteiger partial charge in [0.2, 0.25) is 21.8 Å². The Labute approximate surface area is 183 Å². The van der Waals surface area contributed by atoms with Crippen molar-refractivity contribution in [2.24, 2.45) is 0 Å². The molecule has 2 aliphatic rings. The average molecular weight is 454 g/mol. The zero-order valence-corrected chi connectivity index (χ0v) is 19.5. The molecule has 0 bridgehead atoms. The summed E-state index contributed by atoms with van der Waals surface area (Å²) in [6, 6.07) is 7.51. The molecule has 1 heterocycles. The Hall–Kier alpha value is -1.58. The number of amides is 2. The van der Waals surface area contributed by atoms with Gasteiger partial charge in [0.05, 0.1) is 12.8 Å². The molecule has 0 spiro atoms. The summed E-state index contributed by atoms with van der Waals surface area (Å²) in [6.07, 6.45) is 9.30. The first kappa shape index (κ1) is 23.1. The van der Waals surface area contributed by atoms with Crippen LogP contribution in [-0.4, -0.2) is 61.7 Å². The van der Waals surface area contributed by atoms with Gasteiger partial charge in [-0.3, -0.25) is 14.5 Å². The van der Waals surface area contributed by atoms with Crippen molar-refractivity contribution in [3.8, 4) is 0 Å². The summed E-state index contributed by atoms with van der Waals surface area (Å²) in [6.45, 7) is 1.33. The molecule has 0 unspecified atom stereocenters. The van der Waals surface area contributed by atoms with E-state index < -0.39 is 21.5 Å². The van der Waals surface area contributed by atoms with E-state index in [1.54, 1.807) is 24.8 Å². The molecule has 2 fully saturated rings. The van der Waals surface area contributed by atoms with Gasteiger partial charge in [-0.05, 0) is 44.2 Å². The third-order valence-corrected chi connectivity index (χ3v) is 7.92. The Bertz CT molecular complexity index is 897. The summed E-state index contributed by atoms with van der Waals surface area (Å²) in [7, 11) is -3.62.